The van der Waals surface area contributed by atoms with Crippen LogP contribution in [0.3, 0.4) is 0 Å². The van der Waals surface area contributed by atoms with Crippen LogP contribution in [0, 0.1) is 5.92 Å². The van der Waals surface area contributed by atoms with Gasteiger partial charge >= 0.3 is 6.18 Å². The van der Waals surface area contributed by atoms with Gasteiger partial charge in [0.25, 0.3) is 0 Å². The van der Waals surface area contributed by atoms with Crippen molar-refractivity contribution in [1.29, 1.82) is 0 Å². The zero-order valence-corrected chi connectivity index (χ0v) is 15.6. The number of carbonyl (C=O) groups is 2. The molecule has 1 amide bonds. The van der Waals surface area contributed by atoms with E-state index in [4.69, 9.17) is 4.74 Å². The van der Waals surface area contributed by atoms with Crippen molar-refractivity contribution in [3.8, 4) is 5.75 Å². The topological polar surface area (TPSA) is 58.6 Å². The summed E-state index contributed by atoms with van der Waals surface area (Å²) < 4.78 is 42.0. The standard InChI is InChI=1S/C21H21F3N2O3/c22-21(23,24)14-29-19-4-2-1-3-18(19)25-20(28)16-9-11-26(12-10-16)17-7-5-15(13-27)6-8-17/h1-8,13,16H,9-12,14H2,(H,25,28). The van der Waals surface area contributed by atoms with E-state index < -0.39 is 12.8 Å². The van der Waals surface area contributed by atoms with Crippen LogP contribution in [0.4, 0.5) is 24.5 Å². The first-order chi connectivity index (χ1) is 13.9. The Morgan fingerprint density at radius 3 is 2.38 bits per heavy atom. The molecule has 1 heterocycles. The highest BCUT2D eigenvalue weighted by atomic mass is 19.4. The minimum absolute atomic E-state index is 0.00845. The maximum absolute atomic E-state index is 12.6. The molecule has 0 aliphatic carbocycles. The zero-order chi connectivity index (χ0) is 20.9. The fourth-order valence-corrected chi connectivity index (χ4v) is 3.25. The number of carbonyl (C=O) groups excluding carboxylic acids is 2. The molecule has 29 heavy (non-hydrogen) atoms. The molecule has 154 valence electrons. The van der Waals surface area contributed by atoms with Crippen molar-refractivity contribution < 1.29 is 27.5 Å². The van der Waals surface area contributed by atoms with Gasteiger partial charge in [0.1, 0.15) is 12.0 Å². The molecule has 0 unspecified atom stereocenters. The average molecular weight is 406 g/mol. The molecule has 1 fully saturated rings. The molecule has 1 aliphatic rings. The third kappa shape index (κ3) is 5.73. The first kappa shape index (κ1) is 20.7. The number of nitrogens with zero attached hydrogens (tertiary/aromatic N) is 1. The number of halogens is 3. The molecule has 3 rings (SSSR count). The molecular formula is C21H21F3N2O3. The fourth-order valence-electron chi connectivity index (χ4n) is 3.25. The second-order valence-electron chi connectivity index (χ2n) is 6.86. The van der Waals surface area contributed by atoms with Crippen molar-refractivity contribution >= 4 is 23.6 Å². The van der Waals surface area contributed by atoms with Crippen molar-refractivity contribution in [2.24, 2.45) is 5.92 Å². The van der Waals surface area contributed by atoms with E-state index in [0.717, 1.165) is 12.0 Å². The number of amides is 1. The number of aldehydes is 1. The van der Waals surface area contributed by atoms with Crippen LogP contribution in [0.5, 0.6) is 5.75 Å². The highest BCUT2D eigenvalue weighted by Gasteiger charge is 2.29. The van der Waals surface area contributed by atoms with E-state index in [1.165, 1.54) is 12.1 Å². The zero-order valence-electron chi connectivity index (χ0n) is 15.6. The van der Waals surface area contributed by atoms with Crippen LogP contribution >= 0.6 is 0 Å². The lowest BCUT2D eigenvalue weighted by atomic mass is 9.95. The predicted molar refractivity (Wildman–Crippen MR) is 103 cm³/mol. The van der Waals surface area contributed by atoms with Crippen molar-refractivity contribution in [3.63, 3.8) is 0 Å². The van der Waals surface area contributed by atoms with Gasteiger partial charge in [0.15, 0.2) is 6.61 Å². The van der Waals surface area contributed by atoms with E-state index in [9.17, 15) is 22.8 Å². The summed E-state index contributed by atoms with van der Waals surface area (Å²) in [7, 11) is 0. The van der Waals surface area contributed by atoms with Crippen LogP contribution in [-0.2, 0) is 4.79 Å². The second-order valence-corrected chi connectivity index (χ2v) is 6.86. The Morgan fingerprint density at radius 2 is 1.76 bits per heavy atom. The Kier molecular flexibility index (Phi) is 6.41. The number of anilines is 2. The van der Waals surface area contributed by atoms with E-state index in [-0.39, 0.29) is 23.3 Å². The summed E-state index contributed by atoms with van der Waals surface area (Å²) in [6.07, 6.45) is -2.43. The van der Waals surface area contributed by atoms with Gasteiger partial charge in [-0.2, -0.15) is 13.2 Å². The largest absolute Gasteiger partial charge is 0.482 e. The number of alkyl halides is 3. The lowest BCUT2D eigenvalue weighted by Crippen LogP contribution is -2.38. The van der Waals surface area contributed by atoms with Gasteiger partial charge < -0.3 is 15.0 Å². The van der Waals surface area contributed by atoms with E-state index in [2.05, 4.69) is 10.2 Å². The highest BCUT2D eigenvalue weighted by molar-refractivity contribution is 5.94. The molecule has 0 atom stereocenters. The average Bonchev–Trinajstić information content (AvgIpc) is 2.73. The minimum Gasteiger partial charge on any atom is -0.482 e. The predicted octanol–water partition coefficient (Wildman–Crippen LogP) is 4.30. The highest BCUT2D eigenvalue weighted by Crippen LogP contribution is 2.29. The van der Waals surface area contributed by atoms with Gasteiger partial charge in [0.2, 0.25) is 5.91 Å². The lowest BCUT2D eigenvalue weighted by Gasteiger charge is -2.33. The third-order valence-corrected chi connectivity index (χ3v) is 4.80. The fraction of sp³-hybridized carbons (Fsp3) is 0.333. The van der Waals surface area contributed by atoms with E-state index >= 15 is 0 Å². The minimum atomic E-state index is -4.45. The molecule has 0 saturated carbocycles. The normalized spacial score (nSPS) is 15.1. The molecular weight excluding hydrogens is 385 g/mol. The third-order valence-electron chi connectivity index (χ3n) is 4.80. The number of nitrogens with one attached hydrogen (secondary N) is 1. The Hall–Kier alpha value is -3.03. The molecule has 0 bridgehead atoms. The Balaban J connectivity index is 1.56. The molecule has 2 aromatic rings. The summed E-state index contributed by atoms with van der Waals surface area (Å²) >= 11 is 0. The molecule has 0 radical (unpaired) electrons. The summed E-state index contributed by atoms with van der Waals surface area (Å²) in [5, 5.41) is 2.70. The van der Waals surface area contributed by atoms with Gasteiger partial charge in [-0.1, -0.05) is 12.1 Å². The molecule has 2 aromatic carbocycles. The number of hydrogen-bond acceptors (Lipinski definition) is 4. The van der Waals surface area contributed by atoms with Crippen LogP contribution in [0.15, 0.2) is 48.5 Å². The molecule has 1 saturated heterocycles. The smallest absolute Gasteiger partial charge is 0.422 e. The number of piperidine rings is 1. The van der Waals surface area contributed by atoms with Gasteiger partial charge in [0.05, 0.1) is 5.69 Å². The monoisotopic (exact) mass is 406 g/mol. The van der Waals surface area contributed by atoms with Crippen LogP contribution in [0.2, 0.25) is 0 Å². The number of para-hydroxylation sites is 2. The summed E-state index contributed by atoms with van der Waals surface area (Å²) in [5.74, 6) is -0.480. The molecule has 8 heteroatoms. The molecule has 0 aromatic heterocycles. The Bertz CT molecular complexity index is 845. The maximum Gasteiger partial charge on any atom is 0.422 e. The first-order valence-corrected chi connectivity index (χ1v) is 9.25. The van der Waals surface area contributed by atoms with Crippen LogP contribution < -0.4 is 15.0 Å². The van der Waals surface area contributed by atoms with Gasteiger partial charge in [-0.15, -0.1) is 0 Å². The maximum atomic E-state index is 12.6. The molecule has 1 aliphatic heterocycles. The second kappa shape index (κ2) is 8.98. The van der Waals surface area contributed by atoms with Gasteiger partial charge in [-0.25, -0.2) is 0 Å². The Morgan fingerprint density at radius 1 is 1.10 bits per heavy atom. The van der Waals surface area contributed by atoms with Gasteiger partial charge in [-0.05, 0) is 49.2 Å². The molecule has 0 spiro atoms. The van der Waals surface area contributed by atoms with E-state index in [0.29, 0.717) is 31.5 Å². The SMILES string of the molecule is O=Cc1ccc(N2CCC(C(=O)Nc3ccccc3OCC(F)(F)F)CC2)cc1. The summed E-state index contributed by atoms with van der Waals surface area (Å²) in [4.78, 5) is 25.5. The first-order valence-electron chi connectivity index (χ1n) is 9.25. The number of benzene rings is 2. The molecule has 1 N–H and O–H groups in total. The van der Waals surface area contributed by atoms with Crippen molar-refractivity contribution in [1.82, 2.24) is 0 Å². The quantitative estimate of drug-likeness (QED) is 0.727. The summed E-state index contributed by atoms with van der Waals surface area (Å²) in [6, 6.07) is 13.3. The summed E-state index contributed by atoms with van der Waals surface area (Å²) in [6.45, 7) is -0.0728. The van der Waals surface area contributed by atoms with Crippen molar-refractivity contribution in [2.45, 2.75) is 19.0 Å². The van der Waals surface area contributed by atoms with Gasteiger partial charge in [-0.3, -0.25) is 9.59 Å². The van der Waals surface area contributed by atoms with E-state index in [1.54, 1.807) is 24.3 Å². The summed E-state index contributed by atoms with van der Waals surface area (Å²) in [5.41, 5.74) is 1.82. The Labute approximate surface area is 166 Å². The van der Waals surface area contributed by atoms with Crippen LogP contribution in [0.25, 0.3) is 0 Å². The van der Waals surface area contributed by atoms with Crippen molar-refractivity contribution in [3.05, 3.63) is 54.1 Å². The molecule has 5 nitrogen and oxygen atoms in total. The van der Waals surface area contributed by atoms with Crippen molar-refractivity contribution in [2.75, 3.05) is 29.9 Å². The lowest BCUT2D eigenvalue weighted by molar-refractivity contribution is -0.153. The number of rotatable bonds is 6. The van der Waals surface area contributed by atoms with Crippen LogP contribution in [0.1, 0.15) is 23.2 Å². The number of ether oxygens (including phenoxy) is 1. The van der Waals surface area contributed by atoms with E-state index in [1.807, 2.05) is 12.1 Å². The number of hydrogen-bond donors (Lipinski definition) is 1. The van der Waals surface area contributed by atoms with Gasteiger partial charge in [0, 0.05) is 30.3 Å². The van der Waals surface area contributed by atoms with Crippen LogP contribution in [-0.4, -0.2) is 38.1 Å².